The lowest BCUT2D eigenvalue weighted by molar-refractivity contribution is 0.459. The largest absolute Gasteiger partial charge is 0.447 e. The smallest absolute Gasteiger partial charge is 0.180 e. The fourth-order valence-corrected chi connectivity index (χ4v) is 2.33. The van der Waals surface area contributed by atoms with E-state index < -0.39 is 0 Å². The summed E-state index contributed by atoms with van der Waals surface area (Å²) >= 11 is 7.46. The Balaban J connectivity index is 1.90. The van der Waals surface area contributed by atoms with Crippen LogP contribution in [0.2, 0.25) is 4.34 Å². The Morgan fingerprint density at radius 3 is 3.07 bits per heavy atom. The minimum Gasteiger partial charge on any atom is -0.447 e. The van der Waals surface area contributed by atoms with Crippen LogP contribution in [0.1, 0.15) is 23.6 Å². The molecule has 1 atom stereocenters. The summed E-state index contributed by atoms with van der Waals surface area (Å²) in [5.41, 5.74) is 0. The van der Waals surface area contributed by atoms with Gasteiger partial charge in [0.15, 0.2) is 6.39 Å². The van der Waals surface area contributed by atoms with Crippen molar-refractivity contribution < 1.29 is 4.42 Å². The zero-order valence-electron chi connectivity index (χ0n) is 8.24. The highest BCUT2D eigenvalue weighted by Gasteiger charge is 2.08. The molecule has 5 heteroatoms. The second-order valence-electron chi connectivity index (χ2n) is 3.21. The van der Waals surface area contributed by atoms with Crippen LogP contribution >= 0.6 is 22.9 Å². The van der Waals surface area contributed by atoms with Crippen LogP contribution in [-0.4, -0.2) is 4.98 Å². The van der Waals surface area contributed by atoms with E-state index in [0.717, 1.165) is 10.1 Å². The van der Waals surface area contributed by atoms with Gasteiger partial charge in [-0.2, -0.15) is 0 Å². The molecule has 0 fully saturated rings. The second-order valence-corrected chi connectivity index (χ2v) is 4.96. The van der Waals surface area contributed by atoms with Gasteiger partial charge in [0.25, 0.3) is 0 Å². The minimum atomic E-state index is 0.271. The van der Waals surface area contributed by atoms with Gasteiger partial charge in [-0.1, -0.05) is 11.6 Å². The summed E-state index contributed by atoms with van der Waals surface area (Å²) < 4.78 is 5.95. The molecule has 2 aromatic heterocycles. The van der Waals surface area contributed by atoms with Crippen molar-refractivity contribution in [3.05, 3.63) is 39.7 Å². The molecule has 0 saturated heterocycles. The number of hydrogen-bond acceptors (Lipinski definition) is 4. The Bertz CT molecular complexity index is 413. The standard InChI is InChI=1S/C10H11ClN2OS/c1-7(9-2-3-10(11)15-9)13-5-8-4-12-6-14-8/h2-4,6-7,13H,5H2,1H3. The molecule has 80 valence electrons. The van der Waals surface area contributed by atoms with Crippen LogP contribution in [-0.2, 0) is 6.54 Å². The highest BCUT2D eigenvalue weighted by molar-refractivity contribution is 7.16. The SMILES string of the molecule is CC(NCc1cnco1)c1ccc(Cl)s1. The predicted molar refractivity (Wildman–Crippen MR) is 61.1 cm³/mol. The second kappa shape index (κ2) is 4.79. The fourth-order valence-electron chi connectivity index (χ4n) is 1.24. The van der Waals surface area contributed by atoms with Gasteiger partial charge < -0.3 is 9.73 Å². The molecule has 1 N–H and O–H groups in total. The van der Waals surface area contributed by atoms with Crippen molar-refractivity contribution >= 4 is 22.9 Å². The summed E-state index contributed by atoms with van der Waals surface area (Å²) in [5.74, 6) is 0.838. The molecule has 0 aliphatic carbocycles. The first-order valence-electron chi connectivity index (χ1n) is 4.61. The Kier molecular flexibility index (Phi) is 3.41. The van der Waals surface area contributed by atoms with Crippen LogP contribution in [0.5, 0.6) is 0 Å². The van der Waals surface area contributed by atoms with Gasteiger partial charge in [0.1, 0.15) is 5.76 Å². The lowest BCUT2D eigenvalue weighted by Gasteiger charge is -2.09. The van der Waals surface area contributed by atoms with Crippen molar-refractivity contribution in [1.29, 1.82) is 0 Å². The zero-order chi connectivity index (χ0) is 10.7. The molecule has 0 radical (unpaired) electrons. The maximum Gasteiger partial charge on any atom is 0.180 e. The molecule has 0 aliphatic rings. The van der Waals surface area contributed by atoms with Crippen LogP contribution < -0.4 is 5.32 Å². The Labute approximate surface area is 97.1 Å². The number of thiophene rings is 1. The van der Waals surface area contributed by atoms with Crippen LogP contribution in [0.25, 0.3) is 0 Å². The van der Waals surface area contributed by atoms with Gasteiger partial charge >= 0.3 is 0 Å². The predicted octanol–water partition coefficient (Wildman–Crippen LogP) is 3.24. The molecule has 0 spiro atoms. The average Bonchev–Trinajstić information content (AvgIpc) is 2.84. The quantitative estimate of drug-likeness (QED) is 0.895. The third-order valence-corrected chi connectivity index (χ3v) is 3.50. The number of halogens is 1. The van der Waals surface area contributed by atoms with E-state index in [1.54, 1.807) is 17.5 Å². The molecule has 3 nitrogen and oxygen atoms in total. The number of oxazole rings is 1. The molecule has 2 rings (SSSR count). The summed E-state index contributed by atoms with van der Waals surface area (Å²) in [6.45, 7) is 2.77. The van der Waals surface area contributed by atoms with Gasteiger partial charge in [-0.15, -0.1) is 11.3 Å². The topological polar surface area (TPSA) is 38.1 Å². The minimum absolute atomic E-state index is 0.271. The molecule has 1 unspecified atom stereocenters. The van der Waals surface area contributed by atoms with E-state index in [9.17, 15) is 0 Å². The summed E-state index contributed by atoms with van der Waals surface area (Å²) in [4.78, 5) is 5.07. The van der Waals surface area contributed by atoms with Crippen molar-refractivity contribution in [3.8, 4) is 0 Å². The van der Waals surface area contributed by atoms with Crippen LogP contribution in [0.3, 0.4) is 0 Å². The maximum absolute atomic E-state index is 5.87. The molecule has 0 amide bonds. The third-order valence-electron chi connectivity index (χ3n) is 2.09. The van der Waals surface area contributed by atoms with Gasteiger partial charge in [-0.05, 0) is 19.1 Å². The first-order valence-corrected chi connectivity index (χ1v) is 5.81. The summed E-state index contributed by atoms with van der Waals surface area (Å²) in [7, 11) is 0. The first-order chi connectivity index (χ1) is 7.25. The van der Waals surface area contributed by atoms with E-state index in [0.29, 0.717) is 6.54 Å². The first kappa shape index (κ1) is 10.7. The number of hydrogen-bond donors (Lipinski definition) is 1. The van der Waals surface area contributed by atoms with E-state index in [1.165, 1.54) is 11.3 Å². The van der Waals surface area contributed by atoms with Crippen molar-refractivity contribution in [1.82, 2.24) is 10.3 Å². The van der Waals surface area contributed by atoms with Gasteiger partial charge in [0, 0.05) is 10.9 Å². The Hall–Kier alpha value is -0.840. The molecule has 15 heavy (non-hydrogen) atoms. The number of nitrogens with one attached hydrogen (secondary N) is 1. The molecule has 2 aromatic rings. The average molecular weight is 243 g/mol. The Morgan fingerprint density at radius 1 is 1.60 bits per heavy atom. The maximum atomic E-state index is 5.87. The van der Waals surface area contributed by atoms with E-state index in [2.05, 4.69) is 17.2 Å². The normalized spacial score (nSPS) is 12.9. The molecule has 0 saturated carbocycles. The van der Waals surface area contributed by atoms with E-state index in [1.807, 2.05) is 12.1 Å². The molecule has 0 bridgehead atoms. The van der Waals surface area contributed by atoms with Crippen molar-refractivity contribution in [2.24, 2.45) is 0 Å². The molecule has 0 aromatic carbocycles. The van der Waals surface area contributed by atoms with Crippen molar-refractivity contribution in [2.45, 2.75) is 19.5 Å². The molecular formula is C10H11ClN2OS. The van der Waals surface area contributed by atoms with Gasteiger partial charge in [-0.25, -0.2) is 4.98 Å². The van der Waals surface area contributed by atoms with Crippen molar-refractivity contribution in [2.75, 3.05) is 0 Å². The number of aromatic nitrogens is 1. The molecular weight excluding hydrogens is 232 g/mol. The number of rotatable bonds is 4. The summed E-state index contributed by atoms with van der Waals surface area (Å²) in [6, 6.07) is 4.21. The van der Waals surface area contributed by atoms with Crippen molar-refractivity contribution in [3.63, 3.8) is 0 Å². The zero-order valence-corrected chi connectivity index (χ0v) is 9.81. The lowest BCUT2D eigenvalue weighted by atomic mass is 10.3. The molecule has 2 heterocycles. The van der Waals surface area contributed by atoms with Gasteiger partial charge in [0.05, 0.1) is 17.1 Å². The highest BCUT2D eigenvalue weighted by atomic mass is 35.5. The third kappa shape index (κ3) is 2.81. The highest BCUT2D eigenvalue weighted by Crippen LogP contribution is 2.26. The lowest BCUT2D eigenvalue weighted by Crippen LogP contribution is -2.16. The Morgan fingerprint density at radius 2 is 2.47 bits per heavy atom. The summed E-state index contributed by atoms with van der Waals surface area (Å²) in [6.07, 6.45) is 3.14. The monoisotopic (exact) mass is 242 g/mol. The van der Waals surface area contributed by atoms with E-state index in [-0.39, 0.29) is 6.04 Å². The van der Waals surface area contributed by atoms with Crippen LogP contribution in [0.15, 0.2) is 29.1 Å². The number of nitrogens with zero attached hydrogens (tertiary/aromatic N) is 1. The summed E-state index contributed by atoms with van der Waals surface area (Å²) in [5, 5.41) is 3.33. The van der Waals surface area contributed by atoms with Gasteiger partial charge in [-0.3, -0.25) is 0 Å². The van der Waals surface area contributed by atoms with E-state index in [4.69, 9.17) is 16.0 Å². The fraction of sp³-hybridized carbons (Fsp3) is 0.300. The molecule has 0 aliphatic heterocycles. The van der Waals surface area contributed by atoms with Gasteiger partial charge in [0.2, 0.25) is 0 Å². The van der Waals surface area contributed by atoms with E-state index >= 15 is 0 Å². The van der Waals surface area contributed by atoms with Crippen LogP contribution in [0, 0.1) is 0 Å². The van der Waals surface area contributed by atoms with Crippen LogP contribution in [0.4, 0.5) is 0 Å².